The van der Waals surface area contributed by atoms with Crippen LogP contribution in [0.25, 0.3) is 0 Å². The van der Waals surface area contributed by atoms with E-state index in [0.717, 1.165) is 5.56 Å². The van der Waals surface area contributed by atoms with Gasteiger partial charge in [-0.1, -0.05) is 30.3 Å². The molecule has 1 atom stereocenters. The summed E-state index contributed by atoms with van der Waals surface area (Å²) in [5.41, 5.74) is 0.0938. The molecule has 1 aliphatic heterocycles. The molecule has 1 heterocycles. The zero-order chi connectivity index (χ0) is 13.3. The van der Waals surface area contributed by atoms with Crippen LogP contribution in [0.5, 0.6) is 0 Å². The first-order chi connectivity index (χ1) is 8.42. The van der Waals surface area contributed by atoms with E-state index < -0.39 is 23.7 Å². The monoisotopic (exact) mass is 249 g/mol. The van der Waals surface area contributed by atoms with E-state index >= 15 is 0 Å². The van der Waals surface area contributed by atoms with Gasteiger partial charge in [-0.3, -0.25) is 4.90 Å². The van der Waals surface area contributed by atoms with Crippen molar-refractivity contribution in [1.82, 2.24) is 4.90 Å². The van der Waals surface area contributed by atoms with Crippen LogP contribution >= 0.6 is 0 Å². The Bertz CT molecular complexity index is 469. The predicted molar refractivity (Wildman–Crippen MR) is 64.1 cm³/mol. The number of carboxylic acid groups (broad SMARTS) is 1. The molecule has 5 heteroatoms. The fourth-order valence-electron chi connectivity index (χ4n) is 1.73. The Hall–Kier alpha value is -2.04. The summed E-state index contributed by atoms with van der Waals surface area (Å²) < 4.78 is 5.35. The summed E-state index contributed by atoms with van der Waals surface area (Å²) in [6, 6.07) is 8.61. The number of benzene rings is 1. The third-order valence-electron chi connectivity index (χ3n) is 2.94. The SMILES string of the molecule is CC(C)(OC(=O)N1CC1C(=O)O)c1ccccc1. The number of rotatable bonds is 3. The van der Waals surface area contributed by atoms with Crippen LogP contribution < -0.4 is 0 Å². The van der Waals surface area contributed by atoms with Crippen LogP contribution in [0.3, 0.4) is 0 Å². The van der Waals surface area contributed by atoms with Gasteiger partial charge in [0, 0.05) is 0 Å². The van der Waals surface area contributed by atoms with Gasteiger partial charge < -0.3 is 9.84 Å². The summed E-state index contributed by atoms with van der Waals surface area (Å²) in [5, 5.41) is 8.74. The molecule has 18 heavy (non-hydrogen) atoms. The van der Waals surface area contributed by atoms with Gasteiger partial charge in [-0.05, 0) is 19.4 Å². The lowest BCUT2D eigenvalue weighted by atomic mass is 9.98. The van der Waals surface area contributed by atoms with Crippen molar-refractivity contribution in [1.29, 1.82) is 0 Å². The van der Waals surface area contributed by atoms with Crippen LogP contribution in [0, 0.1) is 0 Å². The van der Waals surface area contributed by atoms with Crippen molar-refractivity contribution in [2.45, 2.75) is 25.5 Å². The highest BCUT2D eigenvalue weighted by Crippen LogP contribution is 2.28. The van der Waals surface area contributed by atoms with Crippen LogP contribution in [0.4, 0.5) is 4.79 Å². The lowest BCUT2D eigenvalue weighted by Gasteiger charge is -2.25. The summed E-state index contributed by atoms with van der Waals surface area (Å²) in [5.74, 6) is -0.996. The molecule has 1 fully saturated rings. The smallest absolute Gasteiger partial charge is 0.411 e. The van der Waals surface area contributed by atoms with Crippen molar-refractivity contribution in [2.75, 3.05) is 6.54 Å². The zero-order valence-electron chi connectivity index (χ0n) is 10.3. The van der Waals surface area contributed by atoms with Gasteiger partial charge in [-0.15, -0.1) is 0 Å². The van der Waals surface area contributed by atoms with Gasteiger partial charge in [0.05, 0.1) is 6.54 Å². The molecule has 2 rings (SSSR count). The Morgan fingerprint density at radius 3 is 2.44 bits per heavy atom. The predicted octanol–water partition coefficient (Wildman–Crippen LogP) is 1.83. The zero-order valence-corrected chi connectivity index (χ0v) is 10.3. The van der Waals surface area contributed by atoms with Gasteiger partial charge in [-0.25, -0.2) is 9.59 Å². The molecule has 1 aliphatic rings. The molecule has 1 aromatic carbocycles. The number of carboxylic acids is 1. The van der Waals surface area contributed by atoms with E-state index in [0.29, 0.717) is 0 Å². The Morgan fingerprint density at radius 1 is 1.33 bits per heavy atom. The molecule has 0 saturated carbocycles. The van der Waals surface area contributed by atoms with Crippen LogP contribution in [-0.2, 0) is 15.1 Å². The molecule has 0 spiro atoms. The maximum atomic E-state index is 11.7. The molecule has 1 amide bonds. The maximum absolute atomic E-state index is 11.7. The lowest BCUT2D eigenvalue weighted by Crippen LogP contribution is -2.29. The van der Waals surface area contributed by atoms with Gasteiger partial charge in [0.1, 0.15) is 5.60 Å². The second kappa shape index (κ2) is 4.33. The highest BCUT2D eigenvalue weighted by molar-refractivity contribution is 5.85. The number of carbonyl (C=O) groups is 2. The first-order valence-corrected chi connectivity index (χ1v) is 5.70. The number of aliphatic carboxylic acids is 1. The fraction of sp³-hybridized carbons (Fsp3) is 0.385. The van der Waals surface area contributed by atoms with Crippen molar-refractivity contribution in [3.63, 3.8) is 0 Å². The largest absolute Gasteiger partial charge is 0.480 e. The number of nitrogens with zero attached hydrogens (tertiary/aromatic N) is 1. The number of ether oxygens (including phenoxy) is 1. The van der Waals surface area contributed by atoms with E-state index in [2.05, 4.69) is 0 Å². The number of hydrogen-bond donors (Lipinski definition) is 1. The van der Waals surface area contributed by atoms with Crippen LogP contribution in [-0.4, -0.2) is 34.7 Å². The van der Waals surface area contributed by atoms with Crippen LogP contribution in [0.15, 0.2) is 30.3 Å². The number of carbonyl (C=O) groups excluding carboxylic acids is 1. The minimum absolute atomic E-state index is 0.221. The summed E-state index contributed by atoms with van der Waals surface area (Å²) in [7, 11) is 0. The van der Waals surface area contributed by atoms with Crippen LogP contribution in [0.1, 0.15) is 19.4 Å². The van der Waals surface area contributed by atoms with E-state index in [1.54, 1.807) is 13.8 Å². The van der Waals surface area contributed by atoms with E-state index in [1.165, 1.54) is 4.90 Å². The topological polar surface area (TPSA) is 66.6 Å². The molecule has 0 bridgehead atoms. The molecule has 0 aromatic heterocycles. The second-order valence-electron chi connectivity index (χ2n) is 4.75. The minimum atomic E-state index is -0.996. The Balaban J connectivity index is 2.01. The third-order valence-corrected chi connectivity index (χ3v) is 2.94. The standard InChI is InChI=1S/C13H15NO4/c1-13(2,9-6-4-3-5-7-9)18-12(17)14-8-10(14)11(15)16/h3-7,10H,8H2,1-2H3,(H,15,16). The van der Waals surface area contributed by atoms with Crippen molar-refractivity contribution < 1.29 is 19.4 Å². The van der Waals surface area contributed by atoms with E-state index in [-0.39, 0.29) is 6.54 Å². The van der Waals surface area contributed by atoms with Crippen LogP contribution in [0.2, 0.25) is 0 Å². The molecule has 1 N–H and O–H groups in total. The molecule has 0 aliphatic carbocycles. The van der Waals surface area contributed by atoms with Crippen molar-refractivity contribution >= 4 is 12.1 Å². The second-order valence-corrected chi connectivity index (χ2v) is 4.75. The van der Waals surface area contributed by atoms with E-state index in [4.69, 9.17) is 9.84 Å². The molecule has 1 aromatic rings. The summed E-state index contributed by atoms with van der Waals surface area (Å²) in [6.07, 6.45) is -0.587. The fourth-order valence-corrected chi connectivity index (χ4v) is 1.73. The number of amides is 1. The van der Waals surface area contributed by atoms with Crippen molar-refractivity contribution in [3.05, 3.63) is 35.9 Å². The van der Waals surface area contributed by atoms with Crippen molar-refractivity contribution in [2.24, 2.45) is 0 Å². The highest BCUT2D eigenvalue weighted by Gasteiger charge is 2.47. The third kappa shape index (κ3) is 2.45. The normalized spacial score (nSPS) is 18.3. The Morgan fingerprint density at radius 2 is 1.94 bits per heavy atom. The first kappa shape index (κ1) is 12.4. The first-order valence-electron chi connectivity index (χ1n) is 5.70. The molecule has 1 saturated heterocycles. The lowest BCUT2D eigenvalue weighted by molar-refractivity contribution is -0.137. The van der Waals surface area contributed by atoms with Gasteiger partial charge in [0.25, 0.3) is 0 Å². The molecule has 0 radical (unpaired) electrons. The van der Waals surface area contributed by atoms with E-state index in [9.17, 15) is 9.59 Å². The van der Waals surface area contributed by atoms with Gasteiger partial charge in [0.2, 0.25) is 0 Å². The van der Waals surface area contributed by atoms with Gasteiger partial charge >= 0.3 is 12.1 Å². The molecule has 1 unspecified atom stereocenters. The molecular formula is C13H15NO4. The average molecular weight is 249 g/mol. The minimum Gasteiger partial charge on any atom is -0.480 e. The molecule has 96 valence electrons. The maximum Gasteiger partial charge on any atom is 0.411 e. The van der Waals surface area contributed by atoms with E-state index in [1.807, 2.05) is 30.3 Å². The molecular weight excluding hydrogens is 234 g/mol. The summed E-state index contributed by atoms with van der Waals surface area (Å²) in [6.45, 7) is 3.78. The number of hydrogen-bond acceptors (Lipinski definition) is 3. The van der Waals surface area contributed by atoms with Gasteiger partial charge in [-0.2, -0.15) is 0 Å². The van der Waals surface area contributed by atoms with Crippen molar-refractivity contribution in [3.8, 4) is 0 Å². The van der Waals surface area contributed by atoms with Gasteiger partial charge in [0.15, 0.2) is 6.04 Å². The highest BCUT2D eigenvalue weighted by atomic mass is 16.6. The average Bonchev–Trinajstić information content (AvgIpc) is 3.09. The summed E-state index contributed by atoms with van der Waals surface area (Å²) in [4.78, 5) is 23.6. The Kier molecular flexibility index (Phi) is 2.98. The molecule has 5 nitrogen and oxygen atoms in total. The quantitative estimate of drug-likeness (QED) is 0.830. The summed E-state index contributed by atoms with van der Waals surface area (Å²) >= 11 is 0. The Labute approximate surface area is 105 Å².